The van der Waals surface area contributed by atoms with Gasteiger partial charge in [0.2, 0.25) is 0 Å². The first-order valence-electron chi connectivity index (χ1n) is 7.85. The fraction of sp³-hybridized carbons (Fsp3) is 0.0500. The first kappa shape index (κ1) is 17.6. The number of carbonyl (C=O) groups excluding carboxylic acids is 1. The summed E-state index contributed by atoms with van der Waals surface area (Å²) in [5.41, 5.74) is 7.12. The number of nitrogens with two attached hydrogens (primary N) is 1. The molecule has 27 heavy (non-hydrogen) atoms. The Morgan fingerprint density at radius 3 is 2.59 bits per heavy atom. The van der Waals surface area contributed by atoms with E-state index >= 15 is 0 Å². The number of hydrogen-bond donors (Lipinski definition) is 1. The zero-order chi connectivity index (χ0) is 19.4. The molecule has 7 heteroatoms. The lowest BCUT2D eigenvalue weighted by molar-refractivity contribution is 0.0593. The second-order valence-corrected chi connectivity index (χ2v) is 5.49. The number of anilines is 1. The third-order valence-corrected chi connectivity index (χ3v) is 3.86. The molecule has 0 aliphatic heterocycles. The summed E-state index contributed by atoms with van der Waals surface area (Å²) >= 11 is 0. The largest absolute Gasteiger partial charge is 0.464 e. The van der Waals surface area contributed by atoms with Gasteiger partial charge in [0.25, 0.3) is 0 Å². The Morgan fingerprint density at radius 1 is 1.11 bits per heavy atom. The normalized spacial score (nSPS) is 9.89. The highest BCUT2D eigenvalue weighted by molar-refractivity contribution is 5.96. The third kappa shape index (κ3) is 3.30. The minimum absolute atomic E-state index is 0.0330. The van der Waals surface area contributed by atoms with E-state index < -0.39 is 5.97 Å². The summed E-state index contributed by atoms with van der Waals surface area (Å²) in [5, 5.41) is 18.3. The van der Waals surface area contributed by atoms with E-state index in [1.165, 1.54) is 17.9 Å². The number of methoxy groups -OCH3 is 1. The fourth-order valence-electron chi connectivity index (χ4n) is 2.60. The van der Waals surface area contributed by atoms with Gasteiger partial charge >= 0.3 is 5.97 Å². The lowest BCUT2D eigenvalue weighted by Gasteiger charge is -2.14. The lowest BCUT2D eigenvalue weighted by atomic mass is 10.2. The van der Waals surface area contributed by atoms with Crippen molar-refractivity contribution in [2.75, 3.05) is 12.8 Å². The van der Waals surface area contributed by atoms with E-state index in [0.29, 0.717) is 22.7 Å². The van der Waals surface area contributed by atoms with Gasteiger partial charge in [-0.2, -0.15) is 10.5 Å². The van der Waals surface area contributed by atoms with Gasteiger partial charge < -0.3 is 19.8 Å². The summed E-state index contributed by atoms with van der Waals surface area (Å²) in [5.74, 6) is 0.203. The van der Waals surface area contributed by atoms with Crippen molar-refractivity contribution in [2.24, 2.45) is 0 Å². The summed E-state index contributed by atoms with van der Waals surface area (Å²) in [6, 6.07) is 17.6. The van der Waals surface area contributed by atoms with Gasteiger partial charge in [-0.25, -0.2) is 4.79 Å². The summed E-state index contributed by atoms with van der Waals surface area (Å²) in [7, 11) is 1.24. The van der Waals surface area contributed by atoms with Crippen LogP contribution in [-0.2, 0) is 4.74 Å². The predicted molar refractivity (Wildman–Crippen MR) is 97.5 cm³/mol. The molecule has 0 saturated carbocycles. The zero-order valence-electron chi connectivity index (χ0n) is 14.3. The lowest BCUT2D eigenvalue weighted by Crippen LogP contribution is -2.11. The van der Waals surface area contributed by atoms with Crippen LogP contribution in [0.15, 0.2) is 54.7 Å². The molecule has 0 unspecified atom stereocenters. The number of esters is 1. The molecule has 0 fully saturated rings. The number of nitrogen functional groups attached to an aromatic ring is 1. The smallest absolute Gasteiger partial charge is 0.357 e. The van der Waals surface area contributed by atoms with Crippen LogP contribution in [0.25, 0.3) is 5.69 Å². The Hall–Kier alpha value is -4.23. The van der Waals surface area contributed by atoms with Crippen LogP contribution in [-0.4, -0.2) is 17.6 Å². The van der Waals surface area contributed by atoms with E-state index in [2.05, 4.69) is 6.07 Å². The van der Waals surface area contributed by atoms with E-state index in [1.54, 1.807) is 48.5 Å². The van der Waals surface area contributed by atoms with Crippen LogP contribution in [0.3, 0.4) is 0 Å². The number of nitriles is 2. The Balaban J connectivity index is 2.13. The van der Waals surface area contributed by atoms with Crippen molar-refractivity contribution >= 4 is 11.7 Å². The number of nitrogens with zero attached hydrogens (tertiary/aromatic N) is 3. The monoisotopic (exact) mass is 358 g/mol. The molecule has 3 aromatic rings. The quantitative estimate of drug-likeness (QED) is 0.715. The summed E-state index contributed by atoms with van der Waals surface area (Å²) < 4.78 is 12.2. The molecule has 1 aromatic heterocycles. The molecule has 0 aliphatic carbocycles. The van der Waals surface area contributed by atoms with Crippen molar-refractivity contribution in [3.63, 3.8) is 0 Å². The first-order chi connectivity index (χ1) is 13.1. The maximum atomic E-state index is 12.2. The fourth-order valence-corrected chi connectivity index (χ4v) is 2.60. The van der Waals surface area contributed by atoms with Crippen LogP contribution in [0.5, 0.6) is 11.5 Å². The van der Waals surface area contributed by atoms with E-state index in [-0.39, 0.29) is 16.9 Å². The molecule has 0 atom stereocenters. The molecule has 7 nitrogen and oxygen atoms in total. The highest BCUT2D eigenvalue weighted by Crippen LogP contribution is 2.32. The number of ether oxygens (including phenoxy) is 2. The highest BCUT2D eigenvalue weighted by Gasteiger charge is 2.23. The molecule has 0 bridgehead atoms. The van der Waals surface area contributed by atoms with E-state index in [1.807, 2.05) is 6.07 Å². The van der Waals surface area contributed by atoms with Crippen LogP contribution in [0.2, 0.25) is 0 Å². The average molecular weight is 358 g/mol. The number of para-hydroxylation sites is 2. The van der Waals surface area contributed by atoms with Gasteiger partial charge in [0, 0.05) is 6.20 Å². The molecule has 3 rings (SSSR count). The van der Waals surface area contributed by atoms with E-state index in [9.17, 15) is 10.1 Å². The zero-order valence-corrected chi connectivity index (χ0v) is 14.3. The van der Waals surface area contributed by atoms with Crippen LogP contribution in [0.4, 0.5) is 5.69 Å². The predicted octanol–water partition coefficient (Wildman–Crippen LogP) is 3.38. The standard InChI is InChI=1S/C20H14N4O3/c1-26-20(25)19-18(23)14(11-22)12-24(19)16-7-2-3-8-17(16)27-15-6-4-5-13(9-15)10-21/h2-9,12H,23H2,1H3. The third-order valence-electron chi connectivity index (χ3n) is 3.86. The molecule has 0 amide bonds. The molecule has 1 heterocycles. The van der Waals surface area contributed by atoms with Gasteiger partial charge in [0.15, 0.2) is 11.4 Å². The summed E-state index contributed by atoms with van der Waals surface area (Å²) in [4.78, 5) is 12.2. The maximum Gasteiger partial charge on any atom is 0.357 e. The first-order valence-corrected chi connectivity index (χ1v) is 7.85. The van der Waals surface area contributed by atoms with Crippen molar-refractivity contribution in [3.8, 4) is 29.3 Å². The van der Waals surface area contributed by atoms with Gasteiger partial charge in [-0.15, -0.1) is 0 Å². The topological polar surface area (TPSA) is 114 Å². The number of benzene rings is 2. The van der Waals surface area contributed by atoms with Crippen molar-refractivity contribution in [1.29, 1.82) is 10.5 Å². The van der Waals surface area contributed by atoms with E-state index in [4.69, 9.17) is 20.5 Å². The van der Waals surface area contributed by atoms with Crippen molar-refractivity contribution < 1.29 is 14.3 Å². The second kappa shape index (κ2) is 7.34. The van der Waals surface area contributed by atoms with Gasteiger partial charge in [-0.3, -0.25) is 0 Å². The maximum absolute atomic E-state index is 12.2. The van der Waals surface area contributed by atoms with Crippen molar-refractivity contribution in [2.45, 2.75) is 0 Å². The average Bonchev–Trinajstić information content (AvgIpc) is 3.04. The Morgan fingerprint density at radius 2 is 1.89 bits per heavy atom. The molecule has 2 N–H and O–H groups in total. The summed E-state index contributed by atoms with van der Waals surface area (Å²) in [6.07, 6.45) is 1.45. The van der Waals surface area contributed by atoms with Crippen LogP contribution in [0.1, 0.15) is 21.6 Å². The van der Waals surface area contributed by atoms with Crippen LogP contribution >= 0.6 is 0 Å². The van der Waals surface area contributed by atoms with Crippen LogP contribution < -0.4 is 10.5 Å². The molecule has 0 radical (unpaired) electrons. The molecular weight excluding hydrogens is 344 g/mol. The number of carbonyl (C=O) groups is 1. The molecular formula is C20H14N4O3. The highest BCUT2D eigenvalue weighted by atomic mass is 16.5. The minimum atomic E-state index is -0.671. The van der Waals surface area contributed by atoms with E-state index in [0.717, 1.165) is 0 Å². The van der Waals surface area contributed by atoms with Gasteiger partial charge in [0.1, 0.15) is 11.8 Å². The van der Waals surface area contributed by atoms with Crippen molar-refractivity contribution in [1.82, 2.24) is 4.57 Å². The number of aromatic nitrogens is 1. The molecule has 132 valence electrons. The van der Waals surface area contributed by atoms with Gasteiger partial charge in [-0.1, -0.05) is 18.2 Å². The van der Waals surface area contributed by atoms with Crippen LogP contribution in [0, 0.1) is 22.7 Å². The Labute approximate surface area is 155 Å². The number of rotatable bonds is 4. The summed E-state index contributed by atoms with van der Waals surface area (Å²) in [6.45, 7) is 0. The molecule has 0 spiro atoms. The Kier molecular flexibility index (Phi) is 4.78. The minimum Gasteiger partial charge on any atom is -0.464 e. The Bertz CT molecular complexity index is 1100. The van der Waals surface area contributed by atoms with Gasteiger partial charge in [-0.05, 0) is 30.3 Å². The molecule has 2 aromatic carbocycles. The SMILES string of the molecule is COC(=O)c1c(N)c(C#N)cn1-c1ccccc1Oc1cccc(C#N)c1. The van der Waals surface area contributed by atoms with Crippen molar-refractivity contribution in [3.05, 3.63) is 71.5 Å². The van der Waals surface area contributed by atoms with Gasteiger partial charge in [0.05, 0.1) is 35.7 Å². The molecule has 0 saturated heterocycles. The number of hydrogen-bond acceptors (Lipinski definition) is 6. The second-order valence-electron chi connectivity index (χ2n) is 5.49. The molecule has 0 aliphatic rings.